The number of hydrogen-bond donors (Lipinski definition) is 2. The van der Waals surface area contributed by atoms with Crippen LogP contribution in [-0.4, -0.2) is 30.7 Å². The molecule has 9 heteroatoms. The Hall–Kier alpha value is -3.33. The molecule has 0 fully saturated rings. The van der Waals surface area contributed by atoms with Crippen molar-refractivity contribution in [2.45, 2.75) is 38.1 Å². The van der Waals surface area contributed by atoms with Crippen molar-refractivity contribution in [2.75, 3.05) is 16.6 Å². The van der Waals surface area contributed by atoms with Crippen molar-refractivity contribution in [2.24, 2.45) is 0 Å². The molecule has 31 heavy (non-hydrogen) atoms. The first-order valence-corrected chi connectivity index (χ1v) is 11.6. The summed E-state index contributed by atoms with van der Waals surface area (Å²) in [5.74, 6) is 0.936. The second-order valence-electron chi connectivity index (χ2n) is 6.83. The lowest BCUT2D eigenvalue weighted by Gasteiger charge is -2.11. The fourth-order valence-corrected chi connectivity index (χ4v) is 3.96. The Kier molecular flexibility index (Phi) is 7.30. The second kappa shape index (κ2) is 10.1. The van der Waals surface area contributed by atoms with Crippen LogP contribution in [-0.2, 0) is 16.6 Å². The molecule has 0 radical (unpaired) electrons. The molecule has 0 saturated carbocycles. The summed E-state index contributed by atoms with van der Waals surface area (Å²) in [6, 6.07) is 14.2. The van der Waals surface area contributed by atoms with Gasteiger partial charge in [-0.25, -0.2) is 13.1 Å². The third kappa shape index (κ3) is 5.85. The molecule has 0 aliphatic heterocycles. The van der Waals surface area contributed by atoms with Crippen LogP contribution in [0.1, 0.15) is 37.0 Å². The van der Waals surface area contributed by atoms with E-state index in [-0.39, 0.29) is 10.8 Å². The molecule has 0 saturated heterocycles. The van der Waals surface area contributed by atoms with Crippen LogP contribution >= 0.6 is 0 Å². The van der Waals surface area contributed by atoms with E-state index in [0.717, 1.165) is 19.4 Å². The molecule has 0 aliphatic carbocycles. The van der Waals surface area contributed by atoms with Crippen LogP contribution in [0.4, 0.5) is 11.5 Å². The highest BCUT2D eigenvalue weighted by Crippen LogP contribution is 2.20. The van der Waals surface area contributed by atoms with E-state index >= 15 is 0 Å². The van der Waals surface area contributed by atoms with E-state index in [0.29, 0.717) is 29.4 Å². The molecule has 2 aromatic carbocycles. The number of nitrogens with zero attached hydrogens (tertiary/aromatic N) is 2. The molecular formula is C22H26N4O4S. The maximum atomic E-state index is 12.6. The third-order valence-electron chi connectivity index (χ3n) is 4.53. The van der Waals surface area contributed by atoms with E-state index in [1.54, 1.807) is 53.3 Å². The Bertz CT molecular complexity index is 1110. The second-order valence-corrected chi connectivity index (χ2v) is 8.52. The molecule has 164 valence electrons. The van der Waals surface area contributed by atoms with Gasteiger partial charge in [0.2, 0.25) is 0 Å². The van der Waals surface area contributed by atoms with Crippen molar-refractivity contribution < 1.29 is 17.9 Å². The van der Waals surface area contributed by atoms with Crippen LogP contribution < -0.4 is 14.8 Å². The molecule has 1 aromatic heterocycles. The topological polar surface area (TPSA) is 102 Å². The van der Waals surface area contributed by atoms with Gasteiger partial charge in [0.15, 0.2) is 0 Å². The summed E-state index contributed by atoms with van der Waals surface area (Å²) in [5.41, 5.74) is 0.769. The zero-order valence-corrected chi connectivity index (χ0v) is 18.4. The lowest BCUT2D eigenvalue weighted by molar-refractivity contribution is 0.102. The Morgan fingerprint density at radius 2 is 1.74 bits per heavy atom. The van der Waals surface area contributed by atoms with Crippen LogP contribution in [0, 0.1) is 0 Å². The smallest absolute Gasteiger partial charge is 0.261 e. The molecule has 0 aliphatic rings. The quantitative estimate of drug-likeness (QED) is 0.491. The number of hydrogen-bond acceptors (Lipinski definition) is 5. The number of rotatable bonds is 10. The minimum absolute atomic E-state index is 0.123. The highest BCUT2D eigenvalue weighted by molar-refractivity contribution is 7.92. The third-order valence-corrected chi connectivity index (χ3v) is 5.92. The fraction of sp³-hybridized carbons (Fsp3) is 0.273. The zero-order chi connectivity index (χ0) is 22.3. The standard InChI is InChI=1S/C22H26N4O4S/c1-3-5-16-26-21(14-15-23-26)24-22(27)17-6-8-18(9-7-17)25-31(28,29)20-12-10-19(11-13-20)30-4-2/h6-15,25H,3-5,16H2,1-2H3,(H,24,27). The summed E-state index contributed by atoms with van der Waals surface area (Å²) in [4.78, 5) is 12.7. The van der Waals surface area contributed by atoms with Crippen LogP contribution in [0.15, 0.2) is 65.7 Å². The van der Waals surface area contributed by atoms with Gasteiger partial charge in [-0.1, -0.05) is 13.3 Å². The summed E-state index contributed by atoms with van der Waals surface area (Å²) in [5, 5.41) is 7.05. The van der Waals surface area contributed by atoms with Crippen LogP contribution in [0.3, 0.4) is 0 Å². The molecule has 0 bridgehead atoms. The molecule has 1 heterocycles. The molecule has 0 spiro atoms. The average Bonchev–Trinajstić information content (AvgIpc) is 3.20. The van der Waals surface area contributed by atoms with Gasteiger partial charge in [0.1, 0.15) is 11.6 Å². The van der Waals surface area contributed by atoms with Gasteiger partial charge in [0, 0.05) is 23.9 Å². The number of unbranched alkanes of at least 4 members (excludes halogenated alkanes) is 1. The largest absolute Gasteiger partial charge is 0.494 e. The number of anilines is 2. The molecule has 1 amide bonds. The van der Waals surface area contributed by atoms with E-state index in [4.69, 9.17) is 4.74 Å². The van der Waals surface area contributed by atoms with Gasteiger partial charge >= 0.3 is 0 Å². The van der Waals surface area contributed by atoms with Crippen molar-refractivity contribution in [3.8, 4) is 5.75 Å². The van der Waals surface area contributed by atoms with E-state index in [1.165, 1.54) is 12.1 Å². The first-order valence-electron chi connectivity index (χ1n) is 10.1. The fourth-order valence-electron chi connectivity index (χ4n) is 2.90. The van der Waals surface area contributed by atoms with Gasteiger partial charge in [0.25, 0.3) is 15.9 Å². The van der Waals surface area contributed by atoms with Crippen molar-refractivity contribution >= 4 is 27.4 Å². The molecule has 3 aromatic rings. The Morgan fingerprint density at radius 3 is 2.39 bits per heavy atom. The highest BCUT2D eigenvalue weighted by atomic mass is 32.2. The first kappa shape index (κ1) is 22.4. The number of benzene rings is 2. The molecule has 3 rings (SSSR count). The highest BCUT2D eigenvalue weighted by Gasteiger charge is 2.15. The van der Waals surface area contributed by atoms with Gasteiger partial charge in [-0.2, -0.15) is 5.10 Å². The maximum absolute atomic E-state index is 12.6. The van der Waals surface area contributed by atoms with Gasteiger partial charge in [-0.05, 0) is 61.9 Å². The lowest BCUT2D eigenvalue weighted by Crippen LogP contribution is -2.16. The van der Waals surface area contributed by atoms with Gasteiger partial charge in [-0.15, -0.1) is 0 Å². The van der Waals surface area contributed by atoms with E-state index in [2.05, 4.69) is 22.1 Å². The summed E-state index contributed by atoms with van der Waals surface area (Å²) in [7, 11) is -3.75. The van der Waals surface area contributed by atoms with E-state index in [9.17, 15) is 13.2 Å². The molecule has 0 unspecified atom stereocenters. The first-order chi connectivity index (χ1) is 14.9. The number of amides is 1. The van der Waals surface area contributed by atoms with Crippen LogP contribution in [0.2, 0.25) is 0 Å². The van der Waals surface area contributed by atoms with Crippen molar-refractivity contribution in [1.29, 1.82) is 0 Å². The lowest BCUT2D eigenvalue weighted by atomic mass is 10.2. The Balaban J connectivity index is 1.65. The van der Waals surface area contributed by atoms with Gasteiger partial charge in [-0.3, -0.25) is 9.52 Å². The van der Waals surface area contributed by atoms with E-state index in [1.807, 2.05) is 6.92 Å². The SMILES string of the molecule is CCCCn1nccc1NC(=O)c1ccc(NS(=O)(=O)c2ccc(OCC)cc2)cc1. The summed E-state index contributed by atoms with van der Waals surface area (Å²) in [6.45, 7) is 5.18. The molecule has 0 atom stereocenters. The van der Waals surface area contributed by atoms with Gasteiger partial charge < -0.3 is 10.1 Å². The number of ether oxygens (including phenoxy) is 1. The zero-order valence-electron chi connectivity index (χ0n) is 17.5. The molecule has 8 nitrogen and oxygen atoms in total. The Morgan fingerprint density at radius 1 is 1.03 bits per heavy atom. The number of nitrogens with one attached hydrogen (secondary N) is 2. The maximum Gasteiger partial charge on any atom is 0.261 e. The van der Waals surface area contributed by atoms with Crippen LogP contribution in [0.5, 0.6) is 5.75 Å². The number of aryl methyl sites for hydroxylation is 1. The number of aromatic nitrogens is 2. The van der Waals surface area contributed by atoms with Gasteiger partial charge in [0.05, 0.1) is 17.7 Å². The number of carbonyl (C=O) groups excluding carboxylic acids is 1. The summed E-state index contributed by atoms with van der Waals surface area (Å²) < 4.78 is 34.8. The summed E-state index contributed by atoms with van der Waals surface area (Å²) >= 11 is 0. The Labute approximate surface area is 182 Å². The number of sulfonamides is 1. The predicted molar refractivity (Wildman–Crippen MR) is 120 cm³/mol. The predicted octanol–water partition coefficient (Wildman–Crippen LogP) is 4.14. The summed E-state index contributed by atoms with van der Waals surface area (Å²) in [6.07, 6.45) is 3.64. The monoisotopic (exact) mass is 442 g/mol. The van der Waals surface area contributed by atoms with E-state index < -0.39 is 10.0 Å². The molecule has 2 N–H and O–H groups in total. The van der Waals surface area contributed by atoms with Crippen molar-refractivity contribution in [1.82, 2.24) is 9.78 Å². The number of carbonyl (C=O) groups is 1. The normalized spacial score (nSPS) is 11.2. The van der Waals surface area contributed by atoms with Crippen molar-refractivity contribution in [3.05, 3.63) is 66.4 Å². The van der Waals surface area contributed by atoms with Crippen LogP contribution in [0.25, 0.3) is 0 Å². The molecular weight excluding hydrogens is 416 g/mol. The van der Waals surface area contributed by atoms with Crippen molar-refractivity contribution in [3.63, 3.8) is 0 Å². The minimum Gasteiger partial charge on any atom is -0.494 e. The average molecular weight is 443 g/mol. The minimum atomic E-state index is -3.75.